The number of carboxylic acid groups (broad SMARTS) is 1. The van der Waals surface area contributed by atoms with Gasteiger partial charge in [-0.2, -0.15) is 0 Å². The van der Waals surface area contributed by atoms with Crippen LogP contribution in [0.2, 0.25) is 0 Å². The summed E-state index contributed by atoms with van der Waals surface area (Å²) >= 11 is 0. The van der Waals surface area contributed by atoms with Gasteiger partial charge < -0.3 is 14.9 Å². The van der Waals surface area contributed by atoms with Gasteiger partial charge in [0, 0.05) is 17.7 Å². The monoisotopic (exact) mass is 369 g/mol. The Morgan fingerprint density at radius 2 is 2.04 bits per heavy atom. The molecule has 0 atom stereocenters. The molecule has 2 N–H and O–H groups in total. The van der Waals surface area contributed by atoms with Crippen LogP contribution < -0.4 is 5.32 Å². The van der Waals surface area contributed by atoms with Crippen molar-refractivity contribution in [1.82, 2.24) is 20.2 Å². The molecule has 0 radical (unpaired) electrons. The molecule has 0 unspecified atom stereocenters. The van der Waals surface area contributed by atoms with Gasteiger partial charge in [0.15, 0.2) is 5.69 Å². The van der Waals surface area contributed by atoms with E-state index in [0.29, 0.717) is 11.4 Å². The molecule has 1 amide bonds. The maximum atomic E-state index is 12.4. The van der Waals surface area contributed by atoms with E-state index in [1.165, 1.54) is 10.9 Å². The van der Waals surface area contributed by atoms with Crippen molar-refractivity contribution >= 4 is 17.6 Å². The third-order valence-electron chi connectivity index (χ3n) is 4.24. The molecule has 0 aliphatic rings. The fourth-order valence-corrected chi connectivity index (χ4v) is 2.70. The highest BCUT2D eigenvalue weighted by molar-refractivity contribution is 6.02. The Labute approximate surface area is 155 Å². The first-order valence-corrected chi connectivity index (χ1v) is 8.55. The number of nitrogens with one attached hydrogen (secondary N) is 1. The van der Waals surface area contributed by atoms with Gasteiger partial charge >= 0.3 is 5.97 Å². The second-order valence-corrected chi connectivity index (χ2v) is 5.99. The first kappa shape index (κ1) is 18.3. The highest BCUT2D eigenvalue weighted by atomic mass is 16.5. The lowest BCUT2D eigenvalue weighted by atomic mass is 9.99. The molecule has 140 valence electrons. The number of carboxylic acids is 1. The van der Waals surface area contributed by atoms with Crippen LogP contribution in [0.1, 0.15) is 59.3 Å². The first-order valence-electron chi connectivity index (χ1n) is 8.55. The van der Waals surface area contributed by atoms with Crippen LogP contribution in [0, 0.1) is 0 Å². The van der Waals surface area contributed by atoms with Gasteiger partial charge in [0.25, 0.3) is 5.91 Å². The van der Waals surface area contributed by atoms with E-state index in [9.17, 15) is 9.59 Å². The molecular weight excluding hydrogens is 350 g/mol. The van der Waals surface area contributed by atoms with Crippen LogP contribution in [0.15, 0.2) is 41.1 Å². The summed E-state index contributed by atoms with van der Waals surface area (Å²) in [6.45, 7) is 4.13. The van der Waals surface area contributed by atoms with Gasteiger partial charge in [0.05, 0.1) is 17.6 Å². The maximum absolute atomic E-state index is 12.4. The van der Waals surface area contributed by atoms with E-state index in [1.54, 1.807) is 30.3 Å². The largest absolute Gasteiger partial charge is 0.476 e. The summed E-state index contributed by atoms with van der Waals surface area (Å²) in [5, 5.41) is 23.0. The normalized spacial score (nSPS) is 10.9. The molecule has 1 aromatic carbocycles. The Kier molecular flexibility index (Phi) is 5.30. The first-order chi connectivity index (χ1) is 13.0. The van der Waals surface area contributed by atoms with Crippen molar-refractivity contribution in [3.05, 3.63) is 53.7 Å². The Morgan fingerprint density at radius 1 is 1.26 bits per heavy atom. The van der Waals surface area contributed by atoms with Crippen LogP contribution in [0.5, 0.6) is 0 Å². The molecule has 0 bridgehead atoms. The second-order valence-electron chi connectivity index (χ2n) is 5.99. The van der Waals surface area contributed by atoms with Gasteiger partial charge in [0.1, 0.15) is 0 Å². The minimum Gasteiger partial charge on any atom is -0.476 e. The summed E-state index contributed by atoms with van der Waals surface area (Å²) in [5.41, 5.74) is 1.66. The number of rotatable bonds is 7. The molecule has 0 spiro atoms. The van der Waals surface area contributed by atoms with E-state index in [-0.39, 0.29) is 17.4 Å². The highest BCUT2D eigenvalue weighted by Gasteiger charge is 2.18. The number of aromatic carboxylic acids is 1. The van der Waals surface area contributed by atoms with Crippen LogP contribution in [-0.4, -0.2) is 37.1 Å². The smallest absolute Gasteiger partial charge is 0.358 e. The Bertz CT molecular complexity index is 958. The summed E-state index contributed by atoms with van der Waals surface area (Å²) in [6, 6.07) is 8.44. The van der Waals surface area contributed by atoms with Gasteiger partial charge in [-0.3, -0.25) is 4.79 Å². The quantitative estimate of drug-likeness (QED) is 0.656. The molecular formula is C18H19N5O4. The molecule has 3 rings (SSSR count). The summed E-state index contributed by atoms with van der Waals surface area (Å²) in [4.78, 5) is 23.3. The van der Waals surface area contributed by atoms with Gasteiger partial charge in [-0.15, -0.1) is 5.10 Å². The Hall–Kier alpha value is -3.49. The van der Waals surface area contributed by atoms with Crippen molar-refractivity contribution in [1.29, 1.82) is 0 Å². The molecule has 2 heterocycles. The molecule has 3 aromatic rings. The van der Waals surface area contributed by atoms with E-state index in [1.807, 2.05) is 0 Å². The zero-order chi connectivity index (χ0) is 19.4. The van der Waals surface area contributed by atoms with Crippen molar-refractivity contribution < 1.29 is 19.2 Å². The number of benzene rings is 1. The lowest BCUT2D eigenvalue weighted by Crippen LogP contribution is -2.11. The Morgan fingerprint density at radius 3 is 2.70 bits per heavy atom. The number of hydrogen-bond acceptors (Lipinski definition) is 6. The molecule has 0 saturated heterocycles. The molecule has 0 aliphatic carbocycles. The van der Waals surface area contributed by atoms with Crippen molar-refractivity contribution in [2.45, 2.75) is 32.6 Å². The van der Waals surface area contributed by atoms with E-state index >= 15 is 0 Å². The van der Waals surface area contributed by atoms with Crippen LogP contribution >= 0.6 is 0 Å². The molecule has 27 heavy (non-hydrogen) atoms. The number of hydrogen-bond donors (Lipinski definition) is 2. The molecule has 0 fully saturated rings. The average Bonchev–Trinajstić information content (AvgIpc) is 3.33. The van der Waals surface area contributed by atoms with Crippen molar-refractivity contribution in [2.24, 2.45) is 0 Å². The topological polar surface area (TPSA) is 123 Å². The van der Waals surface area contributed by atoms with Crippen LogP contribution in [0.4, 0.5) is 5.69 Å². The van der Waals surface area contributed by atoms with E-state index in [0.717, 1.165) is 18.5 Å². The predicted molar refractivity (Wildman–Crippen MR) is 96.1 cm³/mol. The highest BCUT2D eigenvalue weighted by Crippen LogP contribution is 2.23. The zero-order valence-electron chi connectivity index (χ0n) is 14.9. The van der Waals surface area contributed by atoms with Gasteiger partial charge in [-0.1, -0.05) is 30.3 Å². The third kappa shape index (κ3) is 4.02. The van der Waals surface area contributed by atoms with Crippen LogP contribution in [0.25, 0.3) is 5.69 Å². The average molecular weight is 369 g/mol. The summed E-state index contributed by atoms with van der Waals surface area (Å²) in [5.74, 6) is -1.18. The SMILES string of the molecule is CCC(CC)c1cc(C(=O)Nc2cccc(-n3cc(C(=O)O)nn3)c2)on1. The van der Waals surface area contributed by atoms with Crippen molar-refractivity contribution in [3.8, 4) is 5.69 Å². The van der Waals surface area contributed by atoms with Crippen LogP contribution in [-0.2, 0) is 0 Å². The number of aromatic nitrogens is 4. The fourth-order valence-electron chi connectivity index (χ4n) is 2.70. The number of carbonyl (C=O) groups is 2. The maximum Gasteiger partial charge on any atom is 0.358 e. The lowest BCUT2D eigenvalue weighted by molar-refractivity contribution is 0.0690. The third-order valence-corrected chi connectivity index (χ3v) is 4.24. The van der Waals surface area contributed by atoms with Crippen molar-refractivity contribution in [2.75, 3.05) is 5.32 Å². The van der Waals surface area contributed by atoms with E-state index < -0.39 is 11.9 Å². The van der Waals surface area contributed by atoms with E-state index in [4.69, 9.17) is 9.63 Å². The predicted octanol–water partition coefficient (Wildman–Crippen LogP) is 3.11. The number of amides is 1. The summed E-state index contributed by atoms with van der Waals surface area (Å²) in [6.07, 6.45) is 3.13. The number of carbonyl (C=O) groups excluding carboxylic acids is 1. The number of nitrogens with zero attached hydrogens (tertiary/aromatic N) is 4. The molecule has 9 heteroatoms. The van der Waals surface area contributed by atoms with Gasteiger partial charge in [-0.05, 0) is 31.0 Å². The minimum absolute atomic E-state index is 0.135. The summed E-state index contributed by atoms with van der Waals surface area (Å²) in [7, 11) is 0. The fraction of sp³-hybridized carbons (Fsp3) is 0.278. The van der Waals surface area contributed by atoms with Gasteiger partial charge in [0.2, 0.25) is 5.76 Å². The summed E-state index contributed by atoms with van der Waals surface area (Å²) < 4.78 is 6.49. The number of anilines is 1. The minimum atomic E-state index is -1.16. The molecule has 0 saturated carbocycles. The standard InChI is InChI=1S/C18H19N5O4/c1-3-11(4-2)14-9-16(27-21-14)17(24)19-12-6-5-7-13(8-12)23-10-15(18(25)26)20-22-23/h5-11H,3-4H2,1-2H3,(H,19,24)(H,25,26). The van der Waals surface area contributed by atoms with Gasteiger partial charge in [-0.25, -0.2) is 9.48 Å². The molecule has 0 aliphatic heterocycles. The Balaban J connectivity index is 1.76. The molecule has 2 aromatic heterocycles. The van der Waals surface area contributed by atoms with E-state index in [2.05, 4.69) is 34.6 Å². The van der Waals surface area contributed by atoms with Crippen LogP contribution in [0.3, 0.4) is 0 Å². The molecule has 9 nitrogen and oxygen atoms in total. The second kappa shape index (κ2) is 7.81. The lowest BCUT2D eigenvalue weighted by Gasteiger charge is -2.06. The van der Waals surface area contributed by atoms with Crippen molar-refractivity contribution in [3.63, 3.8) is 0 Å². The zero-order valence-corrected chi connectivity index (χ0v) is 14.9.